The molecule has 6 heteroatoms. The van der Waals surface area contributed by atoms with Gasteiger partial charge in [0.2, 0.25) is 0 Å². The second-order valence-electron chi connectivity index (χ2n) is 3.61. The lowest BCUT2D eigenvalue weighted by molar-refractivity contribution is 0.105. The first-order valence-electron chi connectivity index (χ1n) is 4.86. The molecular formula is C10H17Cl2NO2S. The molecule has 0 saturated heterocycles. The van der Waals surface area contributed by atoms with Crippen molar-refractivity contribution in [2.75, 3.05) is 13.2 Å². The van der Waals surface area contributed by atoms with Gasteiger partial charge in [0.15, 0.2) is 0 Å². The van der Waals surface area contributed by atoms with Crippen molar-refractivity contribution >= 4 is 35.3 Å². The maximum atomic E-state index is 9.55. The van der Waals surface area contributed by atoms with Crippen LogP contribution in [0.5, 0.6) is 5.75 Å². The van der Waals surface area contributed by atoms with Gasteiger partial charge < -0.3 is 15.2 Å². The van der Waals surface area contributed by atoms with Crippen LogP contribution in [0.4, 0.5) is 0 Å². The minimum Gasteiger partial charge on any atom is -0.490 e. The lowest BCUT2D eigenvalue weighted by Gasteiger charge is -2.14. The first-order valence-corrected chi connectivity index (χ1v) is 6.12. The summed E-state index contributed by atoms with van der Waals surface area (Å²) < 4.78 is 6.05. The zero-order valence-electron chi connectivity index (χ0n) is 9.27. The van der Waals surface area contributed by atoms with E-state index >= 15 is 0 Å². The average Bonchev–Trinajstić information content (AvgIpc) is 2.58. The lowest BCUT2D eigenvalue weighted by Crippen LogP contribution is -2.35. The summed E-state index contributed by atoms with van der Waals surface area (Å²) in [5.74, 6) is 0.716. The Balaban J connectivity index is 0.00000225. The number of nitrogens with one attached hydrogen (secondary N) is 1. The van der Waals surface area contributed by atoms with E-state index in [4.69, 9.17) is 16.3 Å². The van der Waals surface area contributed by atoms with Gasteiger partial charge >= 0.3 is 0 Å². The Labute approximate surface area is 111 Å². The molecule has 1 aromatic heterocycles. The number of ether oxygens (including phenoxy) is 1. The van der Waals surface area contributed by atoms with Crippen LogP contribution in [0.15, 0.2) is 11.4 Å². The third kappa shape index (κ3) is 6.55. The van der Waals surface area contributed by atoms with Gasteiger partial charge in [0.25, 0.3) is 0 Å². The molecule has 3 nitrogen and oxygen atoms in total. The Kier molecular flexibility index (Phi) is 8.14. The van der Waals surface area contributed by atoms with Crippen LogP contribution < -0.4 is 10.1 Å². The van der Waals surface area contributed by atoms with E-state index in [1.165, 1.54) is 11.3 Å². The second kappa shape index (κ2) is 8.14. The Morgan fingerprint density at radius 3 is 2.75 bits per heavy atom. The third-order valence-corrected chi connectivity index (χ3v) is 2.82. The van der Waals surface area contributed by atoms with Crippen LogP contribution in [0, 0.1) is 0 Å². The Morgan fingerprint density at radius 1 is 1.56 bits per heavy atom. The van der Waals surface area contributed by atoms with Crippen molar-refractivity contribution in [1.82, 2.24) is 5.32 Å². The van der Waals surface area contributed by atoms with Crippen LogP contribution in [0.2, 0.25) is 4.34 Å². The molecule has 0 amide bonds. The van der Waals surface area contributed by atoms with Crippen molar-refractivity contribution < 1.29 is 9.84 Å². The largest absolute Gasteiger partial charge is 0.490 e. The minimum absolute atomic E-state index is 0. The molecule has 1 rings (SSSR count). The van der Waals surface area contributed by atoms with Gasteiger partial charge in [0, 0.05) is 24.0 Å². The molecule has 1 unspecified atom stereocenters. The van der Waals surface area contributed by atoms with Crippen LogP contribution in [-0.2, 0) is 0 Å². The fourth-order valence-corrected chi connectivity index (χ4v) is 1.78. The van der Waals surface area contributed by atoms with Crippen molar-refractivity contribution in [3.8, 4) is 5.75 Å². The molecule has 0 aliphatic rings. The first kappa shape index (κ1) is 16.0. The van der Waals surface area contributed by atoms with Gasteiger partial charge in [-0.25, -0.2) is 0 Å². The molecule has 1 atom stereocenters. The monoisotopic (exact) mass is 285 g/mol. The maximum absolute atomic E-state index is 9.55. The van der Waals surface area contributed by atoms with E-state index in [2.05, 4.69) is 5.32 Å². The first-order chi connectivity index (χ1) is 7.08. The number of aliphatic hydroxyl groups excluding tert-OH is 1. The van der Waals surface area contributed by atoms with Crippen LogP contribution in [-0.4, -0.2) is 30.4 Å². The lowest BCUT2D eigenvalue weighted by atomic mass is 10.3. The highest BCUT2D eigenvalue weighted by atomic mass is 35.5. The molecule has 0 spiro atoms. The SMILES string of the molecule is CC(C)NCC(O)COc1csc(Cl)c1.Cl. The van der Waals surface area contributed by atoms with Crippen LogP contribution >= 0.6 is 35.3 Å². The molecule has 94 valence electrons. The van der Waals surface area contributed by atoms with Gasteiger partial charge in [0.05, 0.1) is 4.34 Å². The normalized spacial score (nSPS) is 12.3. The van der Waals surface area contributed by atoms with Gasteiger partial charge in [-0.15, -0.1) is 23.7 Å². The molecule has 0 aromatic carbocycles. The molecule has 0 radical (unpaired) electrons. The zero-order chi connectivity index (χ0) is 11.3. The highest BCUT2D eigenvalue weighted by Crippen LogP contribution is 2.25. The number of hydrogen-bond donors (Lipinski definition) is 2. The number of halogens is 2. The second-order valence-corrected chi connectivity index (χ2v) is 5.16. The van der Waals surface area contributed by atoms with Crippen molar-refractivity contribution in [2.24, 2.45) is 0 Å². The van der Waals surface area contributed by atoms with E-state index in [1.54, 1.807) is 6.07 Å². The number of hydrogen-bond acceptors (Lipinski definition) is 4. The average molecular weight is 286 g/mol. The number of thiophene rings is 1. The Bertz CT molecular complexity index is 294. The number of rotatable bonds is 6. The highest BCUT2D eigenvalue weighted by molar-refractivity contribution is 7.14. The quantitative estimate of drug-likeness (QED) is 0.844. The van der Waals surface area contributed by atoms with Gasteiger partial charge in [-0.2, -0.15) is 0 Å². The summed E-state index contributed by atoms with van der Waals surface area (Å²) in [6.45, 7) is 4.89. The summed E-state index contributed by atoms with van der Waals surface area (Å²) in [5, 5.41) is 14.5. The number of aliphatic hydroxyl groups is 1. The molecule has 1 aromatic rings. The predicted octanol–water partition coefficient (Wildman–Crippen LogP) is 2.56. The van der Waals surface area contributed by atoms with E-state index in [-0.39, 0.29) is 19.0 Å². The molecule has 16 heavy (non-hydrogen) atoms. The summed E-state index contributed by atoms with van der Waals surface area (Å²) in [4.78, 5) is 0. The van der Waals surface area contributed by atoms with E-state index in [0.29, 0.717) is 22.7 Å². The molecule has 0 bridgehead atoms. The summed E-state index contributed by atoms with van der Waals surface area (Å²) in [7, 11) is 0. The Morgan fingerprint density at radius 2 is 2.25 bits per heavy atom. The standard InChI is InChI=1S/C10H16ClNO2S.ClH/c1-7(2)12-4-8(13)5-14-9-3-10(11)15-6-9;/h3,6-8,12-13H,4-5H2,1-2H3;1H. The van der Waals surface area contributed by atoms with E-state index in [0.717, 1.165) is 0 Å². The van der Waals surface area contributed by atoms with Crippen LogP contribution in [0.25, 0.3) is 0 Å². The van der Waals surface area contributed by atoms with Gasteiger partial charge in [-0.05, 0) is 0 Å². The highest BCUT2D eigenvalue weighted by Gasteiger charge is 2.06. The van der Waals surface area contributed by atoms with E-state index < -0.39 is 6.10 Å². The predicted molar refractivity (Wildman–Crippen MR) is 71.2 cm³/mol. The van der Waals surface area contributed by atoms with Crippen LogP contribution in [0.3, 0.4) is 0 Å². The molecule has 0 fully saturated rings. The molecular weight excluding hydrogens is 269 g/mol. The third-order valence-electron chi connectivity index (χ3n) is 1.75. The van der Waals surface area contributed by atoms with Crippen molar-refractivity contribution in [3.05, 3.63) is 15.8 Å². The van der Waals surface area contributed by atoms with Crippen molar-refractivity contribution in [2.45, 2.75) is 26.0 Å². The fourth-order valence-electron chi connectivity index (χ4n) is 0.993. The molecule has 2 N–H and O–H groups in total. The van der Waals surface area contributed by atoms with Gasteiger partial charge in [0.1, 0.15) is 18.5 Å². The van der Waals surface area contributed by atoms with Crippen molar-refractivity contribution in [1.29, 1.82) is 0 Å². The van der Waals surface area contributed by atoms with Gasteiger partial charge in [-0.1, -0.05) is 25.4 Å². The van der Waals surface area contributed by atoms with Gasteiger partial charge in [-0.3, -0.25) is 0 Å². The molecule has 1 heterocycles. The summed E-state index contributed by atoms with van der Waals surface area (Å²) >= 11 is 7.16. The van der Waals surface area contributed by atoms with Crippen LogP contribution in [0.1, 0.15) is 13.8 Å². The molecule has 0 aliphatic carbocycles. The zero-order valence-corrected chi connectivity index (χ0v) is 11.7. The summed E-state index contributed by atoms with van der Waals surface area (Å²) in [5.41, 5.74) is 0. The Hall–Kier alpha value is -0.000000000000000111. The van der Waals surface area contributed by atoms with E-state index in [9.17, 15) is 5.11 Å². The topological polar surface area (TPSA) is 41.5 Å². The molecule has 0 aliphatic heterocycles. The fraction of sp³-hybridized carbons (Fsp3) is 0.600. The minimum atomic E-state index is -0.494. The molecule has 0 saturated carbocycles. The smallest absolute Gasteiger partial charge is 0.131 e. The summed E-state index contributed by atoms with van der Waals surface area (Å²) in [6.07, 6.45) is -0.494. The van der Waals surface area contributed by atoms with Crippen molar-refractivity contribution in [3.63, 3.8) is 0 Å². The van der Waals surface area contributed by atoms with E-state index in [1.807, 2.05) is 19.2 Å². The maximum Gasteiger partial charge on any atom is 0.131 e. The summed E-state index contributed by atoms with van der Waals surface area (Å²) in [6, 6.07) is 2.12.